The van der Waals surface area contributed by atoms with Crippen LogP contribution in [-0.4, -0.2) is 109 Å². The molecule has 2 N–H and O–H groups in total. The zero-order chi connectivity index (χ0) is 58.3. The molecule has 4 aliphatic rings. The molecule has 2 aromatic carbocycles. The first kappa shape index (κ1) is 71.7. The fourth-order valence-electron chi connectivity index (χ4n) is 10.9. The minimum atomic E-state index is -0.284. The van der Waals surface area contributed by atoms with Gasteiger partial charge in [0.25, 0.3) is 5.91 Å². The van der Waals surface area contributed by atoms with Gasteiger partial charge in [0, 0.05) is 94.0 Å². The molecule has 0 spiro atoms. The van der Waals surface area contributed by atoms with Gasteiger partial charge in [0.05, 0.1) is 11.3 Å². The Bertz CT molecular complexity index is 2450. The standard InChI is InChI=1S/C44H66FN5O.C14H18O.C5H9NO.C2H6.CH4FN.K/c1-11-19-50(33(7)12-2)29-36-14-20-49(21-15-36)44(51)39-25-32(6)43(42(45)28-39)37-16-22-48(23-17-37)35(9)31(5)26-41-34(8)47-18-13-38(41)27-40(46-10)24-30(3)4;1-4-12-6-5-10(2)13(9-12)14(7-8-14)11(3)15;1-4-2-3-6-5(4)7;1-2;1-3-2;/h13,16,18,24-26,28,30,33,35-36,46H,11-12,14-15,17,19-23,27,29H2,1-10H3;5-6,9H,4,7-8H2,1-3H3;4H,2-3H2,1H3,(H,6,7);1-2H3;3H,1H3;/q;;;;;+1/p-1/b31-26+,40-24+;;;;;. The Labute approximate surface area is 520 Å². The number of pyridine rings is 1. The van der Waals surface area contributed by atoms with Crippen molar-refractivity contribution in [2.24, 2.45) is 17.8 Å². The molecule has 3 fully saturated rings. The van der Waals surface area contributed by atoms with Gasteiger partial charge in [-0.15, -0.1) is 11.0 Å². The number of hydrogen-bond acceptors (Lipinski definition) is 8. The minimum absolute atomic E-state index is 0. The number of hydrogen-bond donors (Lipinski definition) is 2. The van der Waals surface area contributed by atoms with Crippen LogP contribution in [0.4, 0.5) is 8.87 Å². The molecule has 2 amide bonds. The van der Waals surface area contributed by atoms with Crippen molar-refractivity contribution in [1.82, 2.24) is 30.5 Å². The van der Waals surface area contributed by atoms with E-state index < -0.39 is 0 Å². The summed E-state index contributed by atoms with van der Waals surface area (Å²) in [5.74, 6) is 1.38. The number of benzene rings is 2. The molecule has 4 heterocycles. The maximum Gasteiger partial charge on any atom is 1.00 e. The van der Waals surface area contributed by atoms with Gasteiger partial charge in [0.15, 0.2) is 0 Å². The van der Waals surface area contributed by atoms with Crippen LogP contribution >= 0.6 is 0 Å². The Morgan fingerprint density at radius 2 is 1.61 bits per heavy atom. The molecule has 7 rings (SSSR count). The zero-order valence-corrected chi connectivity index (χ0v) is 55.5. The van der Waals surface area contributed by atoms with E-state index in [2.05, 4.69) is 137 Å². The summed E-state index contributed by atoms with van der Waals surface area (Å²) in [6.07, 6.45) is 18.7. The Hall–Kier alpha value is -3.40. The number of likely N-dealkylation sites (N-methyl/N-ethyl adjacent to an activating group) is 1. The first-order valence-electron chi connectivity index (χ1n) is 29.6. The quantitative estimate of drug-likeness (QED) is 0.0957. The third-order valence-electron chi connectivity index (χ3n) is 16.2. The van der Waals surface area contributed by atoms with Crippen molar-refractivity contribution in [3.05, 3.63) is 127 Å². The smallest absolute Gasteiger partial charge is 0.653 e. The molecule has 3 unspecified atom stereocenters. The molecular weight excluding hydrogens is 1020 g/mol. The summed E-state index contributed by atoms with van der Waals surface area (Å²) in [6.45, 7) is 37.7. The van der Waals surface area contributed by atoms with Crippen LogP contribution in [0.25, 0.3) is 17.0 Å². The SMILES string of the molecule is CC.CC1CC[N-]C1=O.CCCN(CC1CCN(C(=O)c2cc(C)c(C3=CCN(C(C)/C(C)=C/c4c(C/C(=C\C(C)C)NC)ccnc4C)CC3)c(F)c2)CC1)C(C)CC.CCc1ccc(C)c(C2(C(C)=O)CC2)c1.CNF.[K+]. The molecule has 0 bridgehead atoms. The molecule has 0 radical (unpaired) electrons. The molecule has 1 aliphatic carbocycles. The number of aryl methyl sites for hydroxylation is 4. The number of halogens is 2. The van der Waals surface area contributed by atoms with Crippen molar-refractivity contribution >= 4 is 29.2 Å². The van der Waals surface area contributed by atoms with Crippen molar-refractivity contribution in [1.29, 1.82) is 0 Å². The number of nitrogens with one attached hydrogen (secondary N) is 2. The van der Waals surface area contributed by atoms with E-state index in [-0.39, 0.29) is 86.4 Å². The van der Waals surface area contributed by atoms with E-state index in [1.807, 2.05) is 51.9 Å². The maximum absolute atomic E-state index is 15.8. The number of rotatable bonds is 18. The summed E-state index contributed by atoms with van der Waals surface area (Å²) >= 11 is 0. The molecule has 13 heteroatoms. The van der Waals surface area contributed by atoms with Gasteiger partial charge in [-0.1, -0.05) is 104 Å². The third-order valence-corrected chi connectivity index (χ3v) is 16.2. The fraction of sp³-hybridized carbons (Fsp3) is 0.606. The van der Waals surface area contributed by atoms with Crippen molar-refractivity contribution < 1.29 is 74.6 Å². The van der Waals surface area contributed by atoms with Crippen LogP contribution in [0.2, 0.25) is 0 Å². The van der Waals surface area contributed by atoms with Crippen LogP contribution in [0.3, 0.4) is 0 Å². The number of allylic oxidation sites excluding steroid dienone is 2. The number of ketones is 1. The first-order chi connectivity index (χ1) is 37.2. The average molecular weight is 1120 g/mol. The Morgan fingerprint density at radius 3 is 2.09 bits per heavy atom. The van der Waals surface area contributed by atoms with Crippen molar-refractivity contribution in [3.8, 4) is 0 Å². The Morgan fingerprint density at radius 1 is 0.949 bits per heavy atom. The molecule has 1 aromatic heterocycles. The predicted octanol–water partition coefficient (Wildman–Crippen LogP) is 11.3. The second-order valence-corrected chi connectivity index (χ2v) is 22.2. The molecule has 10 nitrogen and oxygen atoms in total. The number of carbonyl (C=O) groups is 3. The van der Waals surface area contributed by atoms with E-state index >= 15 is 4.39 Å². The van der Waals surface area contributed by atoms with Crippen LogP contribution in [0, 0.1) is 44.3 Å². The van der Waals surface area contributed by atoms with Crippen molar-refractivity contribution in [3.63, 3.8) is 0 Å². The largest absolute Gasteiger partial charge is 1.00 e. The second kappa shape index (κ2) is 36.2. The number of Topliss-reactive ketones (excluding diaryl/α,β-unsaturated/α-hetero) is 1. The van der Waals surface area contributed by atoms with Gasteiger partial charge >= 0.3 is 51.4 Å². The van der Waals surface area contributed by atoms with Gasteiger partial charge in [-0.25, -0.2) is 4.39 Å². The van der Waals surface area contributed by atoms with E-state index in [9.17, 15) is 18.9 Å². The minimum Gasteiger partial charge on any atom is -0.653 e. The van der Waals surface area contributed by atoms with Crippen LogP contribution in [0.15, 0.2) is 66.0 Å². The summed E-state index contributed by atoms with van der Waals surface area (Å²) < 4.78 is 25.9. The Kier molecular flexibility index (Phi) is 32.9. The van der Waals surface area contributed by atoms with Crippen LogP contribution in [0.5, 0.6) is 0 Å². The van der Waals surface area contributed by atoms with E-state index in [1.54, 1.807) is 6.92 Å². The number of aromatic nitrogens is 1. The van der Waals surface area contributed by atoms with E-state index in [0.717, 1.165) is 127 Å². The van der Waals surface area contributed by atoms with Gasteiger partial charge in [0.2, 0.25) is 0 Å². The molecule has 3 atom stereocenters. The summed E-state index contributed by atoms with van der Waals surface area (Å²) in [4.78, 5) is 47.3. The van der Waals surface area contributed by atoms with E-state index in [1.165, 1.54) is 57.7 Å². The monoisotopic (exact) mass is 1120 g/mol. The summed E-state index contributed by atoms with van der Waals surface area (Å²) in [5, 5.41) is 7.06. The zero-order valence-electron chi connectivity index (χ0n) is 52.4. The van der Waals surface area contributed by atoms with Crippen LogP contribution in [-0.2, 0) is 27.8 Å². The summed E-state index contributed by atoms with van der Waals surface area (Å²) in [7, 11) is 3.20. The van der Waals surface area contributed by atoms with Crippen LogP contribution < -0.4 is 62.2 Å². The molecule has 79 heavy (non-hydrogen) atoms. The van der Waals surface area contributed by atoms with Crippen molar-refractivity contribution in [2.45, 2.75) is 186 Å². The fourth-order valence-corrected chi connectivity index (χ4v) is 10.9. The topological polar surface area (TPSA) is 112 Å². The molecule has 1 saturated carbocycles. The third kappa shape index (κ3) is 21.4. The number of piperidine rings is 1. The molecule has 434 valence electrons. The second-order valence-electron chi connectivity index (χ2n) is 22.2. The summed E-state index contributed by atoms with van der Waals surface area (Å²) in [5.41, 5.74) is 14.0. The number of carbonyl (C=O) groups excluding carboxylic acids is 3. The number of amides is 2. The molecular formula is C66H102F2KN7O3. The van der Waals surface area contributed by atoms with E-state index in [0.29, 0.717) is 34.8 Å². The molecule has 3 aliphatic heterocycles. The van der Waals surface area contributed by atoms with Gasteiger partial charge in [-0.3, -0.25) is 19.5 Å². The molecule has 3 aromatic rings. The first-order valence-corrected chi connectivity index (χ1v) is 29.6. The number of nitrogens with zero attached hydrogens (tertiary/aromatic N) is 5. The Balaban J connectivity index is 0.000000617. The van der Waals surface area contributed by atoms with Crippen LogP contribution in [0.1, 0.15) is 189 Å². The summed E-state index contributed by atoms with van der Waals surface area (Å²) in [6, 6.07) is 12.9. The maximum atomic E-state index is 15.8. The average Bonchev–Trinajstić information content (AvgIpc) is 4.32. The normalized spacial score (nSPS) is 17.9. The van der Waals surface area contributed by atoms with Gasteiger partial charge < -0.3 is 25.2 Å². The van der Waals surface area contributed by atoms with Gasteiger partial charge in [0.1, 0.15) is 11.6 Å². The van der Waals surface area contributed by atoms with Gasteiger partial charge in [-0.05, 0) is 181 Å². The van der Waals surface area contributed by atoms with E-state index in [4.69, 9.17) is 0 Å². The predicted molar refractivity (Wildman–Crippen MR) is 324 cm³/mol. The number of likely N-dealkylation sites (tertiary alicyclic amines) is 1. The molecule has 2 saturated heterocycles. The van der Waals surface area contributed by atoms with Crippen molar-refractivity contribution in [2.75, 3.05) is 59.9 Å². The van der Waals surface area contributed by atoms with Gasteiger partial charge in [-0.2, -0.15) is 5.54 Å².